The summed E-state index contributed by atoms with van der Waals surface area (Å²) in [6.45, 7) is 2.16. The van der Waals surface area contributed by atoms with Crippen molar-refractivity contribution in [2.75, 3.05) is 23.7 Å². The number of fused-ring (bicyclic) bond motifs is 1. The minimum absolute atomic E-state index is 0.167. The van der Waals surface area contributed by atoms with E-state index in [1.165, 1.54) is 16.3 Å². The van der Waals surface area contributed by atoms with E-state index in [1.54, 1.807) is 36.4 Å². The number of amides is 1. The van der Waals surface area contributed by atoms with Crippen LogP contribution in [-0.4, -0.2) is 33.7 Å². The van der Waals surface area contributed by atoms with E-state index in [1.807, 2.05) is 36.4 Å². The lowest BCUT2D eigenvalue weighted by Gasteiger charge is -2.24. The van der Waals surface area contributed by atoms with Crippen molar-refractivity contribution in [3.63, 3.8) is 0 Å². The second-order valence-corrected chi connectivity index (χ2v) is 10.8. The molecule has 0 saturated carbocycles. The van der Waals surface area contributed by atoms with Crippen LogP contribution in [0, 0.1) is 5.92 Å². The molecule has 1 N–H and O–H groups in total. The molecule has 4 aromatic rings. The molecule has 186 valence electrons. The maximum Gasteiger partial charge on any atom is 0.240 e. The highest BCUT2D eigenvalue weighted by Gasteiger charge is 2.24. The summed E-state index contributed by atoms with van der Waals surface area (Å²) in [7, 11) is -3.75. The molecule has 1 unspecified atom stereocenters. The minimum atomic E-state index is -3.75. The molecule has 0 heterocycles. The predicted molar refractivity (Wildman–Crippen MR) is 145 cm³/mol. The Morgan fingerprint density at radius 2 is 1.56 bits per heavy atom. The average molecular weight is 503 g/mol. The van der Waals surface area contributed by atoms with Crippen LogP contribution < -0.4 is 14.4 Å². The summed E-state index contributed by atoms with van der Waals surface area (Å²) in [6.07, 6.45) is 1.88. The zero-order valence-corrected chi connectivity index (χ0v) is 21.2. The Morgan fingerprint density at radius 1 is 0.889 bits per heavy atom. The van der Waals surface area contributed by atoms with Crippen molar-refractivity contribution >= 4 is 32.4 Å². The molecule has 1 atom stereocenters. The van der Waals surface area contributed by atoms with E-state index in [0.29, 0.717) is 23.7 Å². The van der Waals surface area contributed by atoms with Crippen LogP contribution in [0.5, 0.6) is 11.5 Å². The van der Waals surface area contributed by atoms with Gasteiger partial charge in [-0.1, -0.05) is 79.7 Å². The Morgan fingerprint density at radius 3 is 2.33 bits per heavy atom. The molecule has 4 aromatic carbocycles. The molecule has 36 heavy (non-hydrogen) atoms. The monoisotopic (exact) mass is 502 g/mol. The normalized spacial score (nSPS) is 12.2. The van der Waals surface area contributed by atoms with Crippen molar-refractivity contribution in [2.45, 2.75) is 13.3 Å². The van der Waals surface area contributed by atoms with Crippen LogP contribution in [0.4, 0.5) is 5.69 Å². The molecule has 0 spiro atoms. The summed E-state index contributed by atoms with van der Waals surface area (Å²) in [6, 6.07) is 30.4. The van der Waals surface area contributed by atoms with Crippen molar-refractivity contribution < 1.29 is 17.9 Å². The fourth-order valence-corrected chi connectivity index (χ4v) is 5.00. The molecular formula is C29H30N2O4S. The number of sulfonamides is 1. The van der Waals surface area contributed by atoms with Gasteiger partial charge in [-0.05, 0) is 52.9 Å². The van der Waals surface area contributed by atoms with Gasteiger partial charge in [-0.2, -0.15) is 0 Å². The number of hydrogen-bond acceptors (Lipinski definition) is 4. The molecule has 1 amide bonds. The smallest absolute Gasteiger partial charge is 0.240 e. The molecule has 0 saturated heterocycles. The molecule has 0 aromatic heterocycles. The Kier molecular flexibility index (Phi) is 7.90. The van der Waals surface area contributed by atoms with Crippen molar-refractivity contribution in [1.82, 2.24) is 5.32 Å². The number of ether oxygens (including phenoxy) is 1. The summed E-state index contributed by atoms with van der Waals surface area (Å²) in [5.74, 6) is 0.719. The molecule has 0 aliphatic carbocycles. The van der Waals surface area contributed by atoms with Gasteiger partial charge < -0.3 is 10.1 Å². The van der Waals surface area contributed by atoms with Crippen molar-refractivity contribution in [2.24, 2.45) is 5.92 Å². The largest absolute Gasteiger partial charge is 0.455 e. The highest BCUT2D eigenvalue weighted by molar-refractivity contribution is 7.92. The van der Waals surface area contributed by atoms with E-state index in [-0.39, 0.29) is 18.4 Å². The maximum atomic E-state index is 12.9. The molecule has 0 bridgehead atoms. The number of carbonyl (C=O) groups is 1. The third-order valence-electron chi connectivity index (χ3n) is 5.89. The highest BCUT2D eigenvalue weighted by atomic mass is 32.2. The number of benzene rings is 4. The fraction of sp³-hybridized carbons (Fsp3) is 0.207. The lowest BCUT2D eigenvalue weighted by Crippen LogP contribution is -2.41. The molecule has 0 aliphatic heterocycles. The Bertz CT molecular complexity index is 1430. The number of anilines is 1. The van der Waals surface area contributed by atoms with Crippen LogP contribution in [-0.2, 0) is 21.2 Å². The quantitative estimate of drug-likeness (QED) is 0.315. The molecule has 4 rings (SSSR count). The van der Waals surface area contributed by atoms with E-state index in [0.717, 1.165) is 17.0 Å². The first-order valence-corrected chi connectivity index (χ1v) is 13.7. The van der Waals surface area contributed by atoms with Gasteiger partial charge in [0.2, 0.25) is 15.9 Å². The Hall–Kier alpha value is -3.84. The highest BCUT2D eigenvalue weighted by Crippen LogP contribution is 2.33. The van der Waals surface area contributed by atoms with E-state index in [4.69, 9.17) is 4.74 Å². The molecular weight excluding hydrogens is 472 g/mol. The van der Waals surface area contributed by atoms with Gasteiger partial charge in [-0.3, -0.25) is 9.10 Å². The van der Waals surface area contributed by atoms with Gasteiger partial charge in [0.05, 0.1) is 11.9 Å². The van der Waals surface area contributed by atoms with Crippen LogP contribution in [0.15, 0.2) is 97.1 Å². The van der Waals surface area contributed by atoms with Crippen molar-refractivity contribution in [3.8, 4) is 11.5 Å². The fourth-order valence-electron chi connectivity index (χ4n) is 4.14. The molecule has 6 nitrogen and oxygen atoms in total. The van der Waals surface area contributed by atoms with Gasteiger partial charge in [-0.25, -0.2) is 8.42 Å². The number of hydrogen-bond donors (Lipinski definition) is 1. The van der Waals surface area contributed by atoms with Gasteiger partial charge in [0, 0.05) is 6.54 Å². The number of carbonyl (C=O) groups excluding carboxylic acids is 1. The van der Waals surface area contributed by atoms with Crippen LogP contribution in [0.25, 0.3) is 10.8 Å². The van der Waals surface area contributed by atoms with Crippen LogP contribution in [0.1, 0.15) is 12.5 Å². The zero-order chi connectivity index (χ0) is 25.5. The predicted octanol–water partition coefficient (Wildman–Crippen LogP) is 5.39. The van der Waals surface area contributed by atoms with Crippen molar-refractivity contribution in [1.29, 1.82) is 0 Å². The molecule has 7 heteroatoms. The molecule has 0 radical (unpaired) electrons. The van der Waals surface area contributed by atoms with Crippen molar-refractivity contribution in [3.05, 3.63) is 103 Å². The summed E-state index contributed by atoms with van der Waals surface area (Å²) >= 11 is 0. The Balaban J connectivity index is 1.43. The first-order valence-electron chi connectivity index (χ1n) is 11.8. The summed E-state index contributed by atoms with van der Waals surface area (Å²) < 4.78 is 32.3. The van der Waals surface area contributed by atoms with Gasteiger partial charge in [-0.15, -0.1) is 0 Å². The topological polar surface area (TPSA) is 75.7 Å². The first kappa shape index (κ1) is 25.3. The second-order valence-electron chi connectivity index (χ2n) is 8.90. The van der Waals surface area contributed by atoms with Gasteiger partial charge >= 0.3 is 0 Å². The third kappa shape index (κ3) is 6.43. The van der Waals surface area contributed by atoms with Crippen LogP contribution >= 0.6 is 0 Å². The lowest BCUT2D eigenvalue weighted by molar-refractivity contribution is -0.119. The Labute approximate surface area is 212 Å². The van der Waals surface area contributed by atoms with E-state index >= 15 is 0 Å². The van der Waals surface area contributed by atoms with E-state index in [2.05, 4.69) is 36.5 Å². The van der Waals surface area contributed by atoms with Gasteiger partial charge in [0.15, 0.2) is 5.75 Å². The summed E-state index contributed by atoms with van der Waals surface area (Å²) in [5, 5.41) is 5.30. The SMILES string of the molecule is CC(CNC(=O)CN(c1ccccc1Oc1ccccc1)S(C)(=O)=O)Cc1cccc2ccccc12. The van der Waals surface area contributed by atoms with E-state index in [9.17, 15) is 13.2 Å². The maximum absolute atomic E-state index is 12.9. The summed E-state index contributed by atoms with van der Waals surface area (Å²) in [5.41, 5.74) is 1.53. The van der Waals surface area contributed by atoms with E-state index < -0.39 is 10.0 Å². The summed E-state index contributed by atoms with van der Waals surface area (Å²) in [4.78, 5) is 12.9. The standard InChI is InChI=1S/C29H30N2O4S/c1-22(19-24-13-10-12-23-11-6-7-16-26(23)24)20-30-29(32)21-31(36(2,33)34)27-17-8-9-18-28(27)35-25-14-4-3-5-15-25/h3-18,22H,19-21H2,1-2H3,(H,30,32). The van der Waals surface area contributed by atoms with Crippen LogP contribution in [0.3, 0.4) is 0 Å². The molecule has 0 fully saturated rings. The number of para-hydroxylation sites is 3. The second kappa shape index (κ2) is 11.3. The number of rotatable bonds is 10. The lowest BCUT2D eigenvalue weighted by atomic mass is 9.96. The first-order chi connectivity index (χ1) is 17.3. The molecule has 0 aliphatic rings. The minimum Gasteiger partial charge on any atom is -0.455 e. The van der Waals surface area contributed by atoms with Gasteiger partial charge in [0.25, 0.3) is 0 Å². The zero-order valence-electron chi connectivity index (χ0n) is 20.4. The number of nitrogens with one attached hydrogen (secondary N) is 1. The average Bonchev–Trinajstić information content (AvgIpc) is 2.87. The van der Waals surface area contributed by atoms with Crippen LogP contribution in [0.2, 0.25) is 0 Å². The third-order valence-corrected chi connectivity index (χ3v) is 7.01. The van der Waals surface area contributed by atoms with Gasteiger partial charge in [0.1, 0.15) is 12.3 Å². The number of nitrogens with zero attached hydrogens (tertiary/aromatic N) is 1.